The molecule has 0 aliphatic heterocycles. The van der Waals surface area contributed by atoms with E-state index in [0.717, 1.165) is 11.1 Å². The van der Waals surface area contributed by atoms with Crippen molar-refractivity contribution in [3.05, 3.63) is 66.0 Å². The van der Waals surface area contributed by atoms with E-state index in [1.54, 1.807) is 36.4 Å². The lowest BCUT2D eigenvalue weighted by molar-refractivity contribution is 0.339. The van der Waals surface area contributed by atoms with Crippen molar-refractivity contribution in [2.45, 2.75) is 11.8 Å². The Labute approximate surface area is 144 Å². The number of hydrogen-bond donors (Lipinski definition) is 4. The van der Waals surface area contributed by atoms with E-state index in [-0.39, 0.29) is 5.82 Å². The summed E-state index contributed by atoms with van der Waals surface area (Å²) in [5.41, 5.74) is 2.39. The smallest absolute Gasteiger partial charge is 0.324 e. The van der Waals surface area contributed by atoms with Crippen molar-refractivity contribution < 1.29 is 33.1 Å². The van der Waals surface area contributed by atoms with Crippen LogP contribution in [-0.4, -0.2) is 25.0 Å². The van der Waals surface area contributed by atoms with Gasteiger partial charge in [-0.15, -0.1) is 0 Å². The van der Waals surface area contributed by atoms with Crippen LogP contribution in [0, 0.1) is 5.82 Å². The third kappa shape index (κ3) is 5.72. The molecule has 0 bridgehead atoms. The summed E-state index contributed by atoms with van der Waals surface area (Å²) >= 11 is 0. The van der Waals surface area contributed by atoms with Crippen LogP contribution in [0.5, 0.6) is 0 Å². The molecule has 134 valence electrons. The van der Waals surface area contributed by atoms with E-state index < -0.39 is 27.0 Å². The molecule has 0 heterocycles. The predicted molar refractivity (Wildman–Crippen MR) is 93.4 cm³/mol. The zero-order valence-corrected chi connectivity index (χ0v) is 14.7. The summed E-state index contributed by atoms with van der Waals surface area (Å²) in [4.78, 5) is 36.2. The maximum absolute atomic E-state index is 12.9. The minimum absolute atomic E-state index is 0.326. The molecule has 2 aromatic carbocycles. The molecule has 4 N–H and O–H groups in total. The minimum Gasteiger partial charge on any atom is -0.324 e. The molecule has 0 amide bonds. The first-order valence-corrected chi connectivity index (χ1v) is 10.6. The molecular formula is C16H17FO6P2. The summed E-state index contributed by atoms with van der Waals surface area (Å²) in [7, 11) is -9.83. The number of rotatable bonds is 6. The standard InChI is InChI=1S/C16H17FO6P2/c17-15-10-8-14(9-11-15)13-6-4-12(5-7-13)2-1-3-16(24(18,19)20)25(21,22)23/h1-2,4-11,16H,3H2,(H2,18,19,20)(H2,21,22,23)/b2-1+. The molecule has 0 fully saturated rings. The van der Waals surface area contributed by atoms with Crippen LogP contribution < -0.4 is 0 Å². The first-order valence-electron chi connectivity index (χ1n) is 7.20. The zero-order valence-electron chi connectivity index (χ0n) is 12.9. The van der Waals surface area contributed by atoms with E-state index in [4.69, 9.17) is 19.6 Å². The zero-order chi connectivity index (χ0) is 18.7. The van der Waals surface area contributed by atoms with Crippen molar-refractivity contribution in [1.82, 2.24) is 0 Å². The largest absolute Gasteiger partial charge is 0.341 e. The molecule has 9 heteroatoms. The van der Waals surface area contributed by atoms with Crippen LogP contribution in [0.2, 0.25) is 0 Å². The van der Waals surface area contributed by atoms with Gasteiger partial charge in [0.15, 0.2) is 5.40 Å². The maximum Gasteiger partial charge on any atom is 0.341 e. The van der Waals surface area contributed by atoms with Crippen molar-refractivity contribution in [1.29, 1.82) is 0 Å². The lowest BCUT2D eigenvalue weighted by atomic mass is 10.0. The summed E-state index contributed by atoms with van der Waals surface area (Å²) < 4.78 is 35.3. The van der Waals surface area contributed by atoms with Crippen LogP contribution in [0.15, 0.2) is 54.6 Å². The van der Waals surface area contributed by atoms with Crippen molar-refractivity contribution in [3.63, 3.8) is 0 Å². The Morgan fingerprint density at radius 3 is 1.72 bits per heavy atom. The Morgan fingerprint density at radius 2 is 1.28 bits per heavy atom. The third-order valence-electron chi connectivity index (χ3n) is 3.52. The average molecular weight is 386 g/mol. The van der Waals surface area contributed by atoms with Gasteiger partial charge in [-0.25, -0.2) is 4.39 Å². The fourth-order valence-corrected chi connectivity index (χ4v) is 4.59. The predicted octanol–water partition coefficient (Wildman–Crippen LogP) is 3.58. The van der Waals surface area contributed by atoms with Crippen molar-refractivity contribution in [3.8, 4) is 11.1 Å². The summed E-state index contributed by atoms with van der Waals surface area (Å²) in [6, 6.07) is 13.0. The summed E-state index contributed by atoms with van der Waals surface area (Å²) in [5.74, 6) is -0.326. The van der Waals surface area contributed by atoms with Crippen LogP contribution in [0.1, 0.15) is 12.0 Å². The molecule has 0 saturated heterocycles. The minimum atomic E-state index is -4.92. The van der Waals surface area contributed by atoms with Crippen molar-refractivity contribution in [2.24, 2.45) is 0 Å². The van der Waals surface area contributed by atoms with E-state index in [1.807, 2.05) is 0 Å². The Kier molecular flexibility index (Phi) is 6.12. The van der Waals surface area contributed by atoms with Gasteiger partial charge in [-0.3, -0.25) is 9.13 Å². The fourth-order valence-electron chi connectivity index (χ4n) is 2.23. The summed E-state index contributed by atoms with van der Waals surface area (Å²) in [5, 5.41) is -2.05. The Bertz CT molecular complexity index is 814. The van der Waals surface area contributed by atoms with E-state index in [0.29, 0.717) is 5.56 Å². The highest BCUT2D eigenvalue weighted by Gasteiger charge is 2.42. The topological polar surface area (TPSA) is 115 Å². The second-order valence-electron chi connectivity index (χ2n) is 5.43. The van der Waals surface area contributed by atoms with Gasteiger partial charge in [-0.2, -0.15) is 0 Å². The molecule has 6 nitrogen and oxygen atoms in total. The molecule has 2 aromatic rings. The molecular weight excluding hydrogens is 369 g/mol. The Morgan fingerprint density at radius 1 is 0.840 bits per heavy atom. The Balaban J connectivity index is 2.10. The van der Waals surface area contributed by atoms with Crippen LogP contribution in [0.25, 0.3) is 17.2 Å². The molecule has 0 saturated carbocycles. The van der Waals surface area contributed by atoms with Crippen LogP contribution in [-0.2, 0) is 9.13 Å². The summed E-state index contributed by atoms with van der Waals surface area (Å²) in [6.45, 7) is 0. The number of allylic oxidation sites excluding steroid dienone is 1. The van der Waals surface area contributed by atoms with Gasteiger partial charge < -0.3 is 19.6 Å². The van der Waals surface area contributed by atoms with E-state index in [2.05, 4.69) is 0 Å². The van der Waals surface area contributed by atoms with Crippen LogP contribution in [0.3, 0.4) is 0 Å². The Hall–Kier alpha value is -1.59. The van der Waals surface area contributed by atoms with Gasteiger partial charge in [0.05, 0.1) is 0 Å². The van der Waals surface area contributed by atoms with Gasteiger partial charge in [-0.1, -0.05) is 48.6 Å². The van der Waals surface area contributed by atoms with Gasteiger partial charge in [0.1, 0.15) is 5.82 Å². The van der Waals surface area contributed by atoms with Gasteiger partial charge in [0, 0.05) is 0 Å². The van der Waals surface area contributed by atoms with Gasteiger partial charge in [-0.05, 0) is 35.2 Å². The molecule has 0 aromatic heterocycles. The highest BCUT2D eigenvalue weighted by Crippen LogP contribution is 2.61. The van der Waals surface area contributed by atoms with Crippen molar-refractivity contribution >= 4 is 21.3 Å². The second kappa shape index (κ2) is 7.75. The first-order chi connectivity index (χ1) is 11.6. The van der Waals surface area contributed by atoms with Crippen LogP contribution >= 0.6 is 15.2 Å². The third-order valence-corrected chi connectivity index (χ3v) is 7.30. The van der Waals surface area contributed by atoms with E-state index in [1.165, 1.54) is 24.3 Å². The molecule has 0 atom stereocenters. The van der Waals surface area contributed by atoms with E-state index >= 15 is 0 Å². The number of halogens is 1. The van der Waals surface area contributed by atoms with Crippen LogP contribution in [0.4, 0.5) is 4.39 Å². The number of hydrogen-bond acceptors (Lipinski definition) is 2. The SMILES string of the molecule is O=P(O)(O)C(C/C=C/c1ccc(-c2ccc(F)cc2)cc1)P(=O)(O)O. The van der Waals surface area contributed by atoms with E-state index in [9.17, 15) is 13.5 Å². The highest BCUT2D eigenvalue weighted by molar-refractivity contribution is 7.70. The molecule has 0 aliphatic rings. The highest BCUT2D eigenvalue weighted by atomic mass is 31.2. The normalized spacial score (nSPS) is 12.9. The second-order valence-corrected chi connectivity index (χ2v) is 9.44. The lowest BCUT2D eigenvalue weighted by Crippen LogP contribution is -2.07. The maximum atomic E-state index is 12.9. The molecule has 25 heavy (non-hydrogen) atoms. The van der Waals surface area contributed by atoms with Gasteiger partial charge in [0.2, 0.25) is 0 Å². The van der Waals surface area contributed by atoms with Crippen molar-refractivity contribution in [2.75, 3.05) is 0 Å². The fraction of sp³-hybridized carbons (Fsp3) is 0.125. The molecule has 0 radical (unpaired) electrons. The molecule has 2 rings (SSSR count). The van der Waals surface area contributed by atoms with Gasteiger partial charge >= 0.3 is 15.2 Å². The molecule has 0 spiro atoms. The lowest BCUT2D eigenvalue weighted by Gasteiger charge is -2.17. The first kappa shape index (κ1) is 19.7. The van der Waals surface area contributed by atoms with Gasteiger partial charge in [0.25, 0.3) is 0 Å². The molecule has 0 aliphatic carbocycles. The average Bonchev–Trinajstić information content (AvgIpc) is 2.50. The number of benzene rings is 2. The quantitative estimate of drug-likeness (QED) is 0.564. The molecule has 0 unspecified atom stereocenters. The summed E-state index contributed by atoms with van der Waals surface area (Å²) in [6.07, 6.45) is 2.39. The monoisotopic (exact) mass is 386 g/mol.